The van der Waals surface area contributed by atoms with Crippen LogP contribution in [-0.2, 0) is 14.3 Å². The molecule has 28 heavy (non-hydrogen) atoms. The summed E-state index contributed by atoms with van der Waals surface area (Å²) in [5.74, 6) is 1.72. The minimum atomic E-state index is -0.947. The number of allylic oxidation sites excluding steroid dienone is 1. The van der Waals surface area contributed by atoms with Crippen molar-refractivity contribution in [2.24, 2.45) is 34.5 Å². The van der Waals surface area contributed by atoms with E-state index in [-0.39, 0.29) is 28.7 Å². The number of ketones is 1. The Labute approximate surface area is 169 Å². The van der Waals surface area contributed by atoms with E-state index in [0.717, 1.165) is 38.5 Å². The fraction of sp³-hybridized carbons (Fsp3) is 0.833. The lowest BCUT2D eigenvalue weighted by atomic mass is 9.44. The largest absolute Gasteiger partial charge is 0.451 e. The second-order valence-corrected chi connectivity index (χ2v) is 10.6. The van der Waals surface area contributed by atoms with Gasteiger partial charge < -0.3 is 9.84 Å². The molecule has 0 radical (unpaired) electrons. The average molecular weight is 389 g/mol. The van der Waals surface area contributed by atoms with E-state index >= 15 is 0 Å². The van der Waals surface area contributed by atoms with Crippen LogP contribution in [0.25, 0.3) is 0 Å². The first-order valence-electron chi connectivity index (χ1n) is 11.2. The Morgan fingerprint density at radius 2 is 1.75 bits per heavy atom. The molecule has 0 aliphatic heterocycles. The molecule has 4 nitrogen and oxygen atoms in total. The molecule has 4 heteroatoms. The van der Waals surface area contributed by atoms with E-state index in [1.165, 1.54) is 12.5 Å². The van der Waals surface area contributed by atoms with Gasteiger partial charge in [0.2, 0.25) is 0 Å². The van der Waals surface area contributed by atoms with E-state index in [9.17, 15) is 14.7 Å². The molecular weight excluding hydrogens is 352 g/mol. The van der Waals surface area contributed by atoms with E-state index in [4.69, 9.17) is 4.74 Å². The molecule has 4 aliphatic rings. The maximum atomic E-state index is 12.8. The van der Waals surface area contributed by atoms with Gasteiger partial charge in [-0.3, -0.25) is 9.59 Å². The predicted molar refractivity (Wildman–Crippen MR) is 107 cm³/mol. The minimum Gasteiger partial charge on any atom is -0.451 e. The summed E-state index contributed by atoms with van der Waals surface area (Å²) in [7, 11) is 0. The van der Waals surface area contributed by atoms with Crippen LogP contribution in [0.3, 0.4) is 0 Å². The van der Waals surface area contributed by atoms with Crippen LogP contribution >= 0.6 is 0 Å². The van der Waals surface area contributed by atoms with E-state index in [1.807, 2.05) is 0 Å². The third-order valence-corrected chi connectivity index (χ3v) is 9.41. The maximum Gasteiger partial charge on any atom is 0.303 e. The highest BCUT2D eigenvalue weighted by Crippen LogP contribution is 2.69. The third kappa shape index (κ3) is 2.52. The first kappa shape index (κ1) is 20.1. The van der Waals surface area contributed by atoms with Crippen molar-refractivity contribution in [3.63, 3.8) is 0 Å². The topological polar surface area (TPSA) is 63.6 Å². The van der Waals surface area contributed by atoms with Crippen molar-refractivity contribution in [1.82, 2.24) is 0 Å². The van der Waals surface area contributed by atoms with Crippen LogP contribution in [0, 0.1) is 34.5 Å². The number of aliphatic hydroxyl groups is 1. The molecule has 0 spiro atoms. The first-order valence-corrected chi connectivity index (χ1v) is 11.2. The Kier molecular flexibility index (Phi) is 4.61. The van der Waals surface area contributed by atoms with Gasteiger partial charge in [-0.25, -0.2) is 0 Å². The molecule has 0 aromatic heterocycles. The van der Waals surface area contributed by atoms with Gasteiger partial charge in [0.05, 0.1) is 6.10 Å². The Morgan fingerprint density at radius 3 is 2.39 bits per heavy atom. The maximum absolute atomic E-state index is 12.8. The second kappa shape index (κ2) is 6.42. The molecule has 3 saturated carbocycles. The number of Topliss-reactive ketones (excluding diaryl/α,β-unsaturated/α-hetero) is 1. The molecule has 3 fully saturated rings. The number of fused-ring (bicyclic) bond motifs is 5. The number of aliphatic hydroxyl groups excluding tert-OH is 1. The SMILES string of the molecule is CC(=O)O[C@]1(C(C)=O)CC[C@H]2[C@@H]3CC(C)C4=CC(O)CC[C@]4(C)[C@H]3CC[C@@]21C. The summed E-state index contributed by atoms with van der Waals surface area (Å²) in [6, 6.07) is 0. The van der Waals surface area contributed by atoms with Gasteiger partial charge in [0.25, 0.3) is 0 Å². The number of rotatable bonds is 2. The summed E-state index contributed by atoms with van der Waals surface area (Å²) < 4.78 is 5.85. The van der Waals surface area contributed by atoms with Crippen LogP contribution in [0.5, 0.6) is 0 Å². The van der Waals surface area contributed by atoms with Gasteiger partial charge in [-0.15, -0.1) is 0 Å². The predicted octanol–water partition coefficient (Wildman–Crippen LogP) is 4.45. The third-order valence-electron chi connectivity index (χ3n) is 9.41. The molecule has 8 atom stereocenters. The Balaban J connectivity index is 1.73. The average Bonchev–Trinajstić information content (AvgIpc) is 2.90. The van der Waals surface area contributed by atoms with E-state index < -0.39 is 5.60 Å². The van der Waals surface area contributed by atoms with Crippen LogP contribution in [0.1, 0.15) is 79.6 Å². The summed E-state index contributed by atoms with van der Waals surface area (Å²) in [5, 5.41) is 10.2. The zero-order chi connectivity index (χ0) is 20.5. The van der Waals surface area contributed by atoms with Crippen molar-refractivity contribution >= 4 is 11.8 Å². The van der Waals surface area contributed by atoms with Gasteiger partial charge in [0.15, 0.2) is 11.4 Å². The molecule has 0 heterocycles. The Hall–Kier alpha value is -1.16. The standard InChI is InChI=1S/C24H36O4/c1-14-12-18-19(22(4)9-6-17(27)13-21(14)22)7-10-23(5)20(18)8-11-24(23,15(2)25)28-16(3)26/h13-14,17-20,27H,6-12H2,1-5H3/t14?,17?,18-,19+,20+,22-,23+,24+/m1/s1. The number of ether oxygens (including phenoxy) is 1. The second-order valence-electron chi connectivity index (χ2n) is 10.6. The van der Waals surface area contributed by atoms with Crippen LogP contribution < -0.4 is 0 Å². The fourth-order valence-electron chi connectivity index (χ4n) is 8.20. The highest BCUT2D eigenvalue weighted by Gasteiger charge is 2.68. The van der Waals surface area contributed by atoms with Crippen molar-refractivity contribution in [2.45, 2.75) is 91.3 Å². The smallest absolute Gasteiger partial charge is 0.303 e. The summed E-state index contributed by atoms with van der Waals surface area (Å²) in [5.41, 5.74) is 0.410. The monoisotopic (exact) mass is 388 g/mol. The van der Waals surface area contributed by atoms with Gasteiger partial charge in [0.1, 0.15) is 0 Å². The van der Waals surface area contributed by atoms with E-state index in [1.54, 1.807) is 6.92 Å². The molecule has 2 unspecified atom stereocenters. The molecule has 0 saturated heterocycles. The molecule has 156 valence electrons. The van der Waals surface area contributed by atoms with Crippen molar-refractivity contribution in [3.05, 3.63) is 11.6 Å². The van der Waals surface area contributed by atoms with Crippen molar-refractivity contribution in [2.75, 3.05) is 0 Å². The molecule has 1 N–H and O–H groups in total. The molecule has 4 rings (SSSR count). The highest BCUT2D eigenvalue weighted by molar-refractivity contribution is 5.89. The number of esters is 1. The fourth-order valence-corrected chi connectivity index (χ4v) is 8.20. The first-order chi connectivity index (χ1) is 13.0. The lowest BCUT2D eigenvalue weighted by Gasteiger charge is -2.60. The normalized spacial score (nSPS) is 50.1. The van der Waals surface area contributed by atoms with Gasteiger partial charge in [0, 0.05) is 12.3 Å². The van der Waals surface area contributed by atoms with Crippen molar-refractivity contribution in [3.8, 4) is 0 Å². The zero-order valence-corrected chi connectivity index (χ0v) is 18.1. The summed E-state index contributed by atoms with van der Waals surface area (Å²) >= 11 is 0. The summed E-state index contributed by atoms with van der Waals surface area (Å²) in [6.07, 6.45) is 8.51. The number of carbonyl (C=O) groups excluding carboxylic acids is 2. The van der Waals surface area contributed by atoms with E-state index in [0.29, 0.717) is 30.1 Å². The van der Waals surface area contributed by atoms with Crippen LogP contribution in [0.4, 0.5) is 0 Å². The number of carbonyl (C=O) groups is 2. The summed E-state index contributed by atoms with van der Waals surface area (Å²) in [6.45, 7) is 9.98. The van der Waals surface area contributed by atoms with Crippen molar-refractivity contribution in [1.29, 1.82) is 0 Å². The minimum absolute atomic E-state index is 0.0163. The van der Waals surface area contributed by atoms with E-state index in [2.05, 4.69) is 26.8 Å². The van der Waals surface area contributed by atoms with Gasteiger partial charge in [-0.2, -0.15) is 0 Å². The quantitative estimate of drug-likeness (QED) is 0.561. The molecule has 0 aromatic rings. The molecule has 0 aromatic carbocycles. The highest BCUT2D eigenvalue weighted by atomic mass is 16.6. The van der Waals surface area contributed by atoms with Gasteiger partial charge in [-0.1, -0.05) is 32.4 Å². The van der Waals surface area contributed by atoms with Gasteiger partial charge in [-0.05, 0) is 81.0 Å². The lowest BCUT2D eigenvalue weighted by Crippen LogP contribution is -2.59. The van der Waals surface area contributed by atoms with Crippen LogP contribution in [0.2, 0.25) is 0 Å². The molecule has 4 aliphatic carbocycles. The molecule has 0 amide bonds. The molecular formula is C24H36O4. The number of hydrogen-bond donors (Lipinski definition) is 1. The summed E-state index contributed by atoms with van der Waals surface area (Å²) in [4.78, 5) is 24.7. The number of hydrogen-bond acceptors (Lipinski definition) is 4. The van der Waals surface area contributed by atoms with Crippen LogP contribution in [0.15, 0.2) is 11.6 Å². The zero-order valence-electron chi connectivity index (χ0n) is 18.1. The van der Waals surface area contributed by atoms with Crippen molar-refractivity contribution < 1.29 is 19.4 Å². The molecule has 0 bridgehead atoms. The van der Waals surface area contributed by atoms with Gasteiger partial charge >= 0.3 is 5.97 Å². The van der Waals surface area contributed by atoms with Crippen LogP contribution in [-0.4, -0.2) is 28.6 Å². The lowest BCUT2D eigenvalue weighted by molar-refractivity contribution is -0.187. The Bertz CT molecular complexity index is 726. The Morgan fingerprint density at radius 1 is 1.07 bits per heavy atom.